The summed E-state index contributed by atoms with van der Waals surface area (Å²) in [6.45, 7) is 0. The molecule has 0 heterocycles. The molecule has 3 N–H and O–H groups in total. The molecule has 0 unspecified atom stereocenters. The largest absolute Gasteiger partial charge is 0.507 e. The Kier molecular flexibility index (Phi) is 2.87. The molecule has 0 aliphatic carbocycles. The molecular formula is C8H7BrFNO2. The topological polar surface area (TPSA) is 63.3 Å². The standard InChI is InChI=1S/C8H7BrFNO2/c9-3-6(13)7-5(12)2-1-4(11)8(7)10/h1-2,12H,3,11H2. The molecule has 0 bridgehead atoms. The van der Waals surface area contributed by atoms with Crippen LogP contribution in [0.25, 0.3) is 0 Å². The Morgan fingerprint density at radius 1 is 1.62 bits per heavy atom. The van der Waals surface area contributed by atoms with Crippen molar-refractivity contribution >= 4 is 27.4 Å². The summed E-state index contributed by atoms with van der Waals surface area (Å²) in [5, 5.41) is 9.13. The Morgan fingerprint density at radius 3 is 2.77 bits per heavy atom. The average Bonchev–Trinajstić information content (AvgIpc) is 2.12. The van der Waals surface area contributed by atoms with Gasteiger partial charge in [0.2, 0.25) is 0 Å². The molecule has 0 fully saturated rings. The van der Waals surface area contributed by atoms with Crippen LogP contribution in [0, 0.1) is 5.82 Å². The number of ketones is 1. The van der Waals surface area contributed by atoms with Crippen molar-refractivity contribution in [2.75, 3.05) is 11.1 Å². The molecule has 0 saturated carbocycles. The van der Waals surface area contributed by atoms with Gasteiger partial charge in [-0.1, -0.05) is 15.9 Å². The van der Waals surface area contributed by atoms with Gasteiger partial charge in [0.05, 0.1) is 16.6 Å². The van der Waals surface area contributed by atoms with Gasteiger partial charge in [-0.15, -0.1) is 0 Å². The average molecular weight is 248 g/mol. The van der Waals surface area contributed by atoms with E-state index in [1.54, 1.807) is 0 Å². The highest BCUT2D eigenvalue weighted by molar-refractivity contribution is 9.09. The monoisotopic (exact) mass is 247 g/mol. The summed E-state index contributed by atoms with van der Waals surface area (Å²) in [7, 11) is 0. The fourth-order valence-corrected chi connectivity index (χ4v) is 1.19. The first-order valence-electron chi connectivity index (χ1n) is 3.44. The Labute approximate surface area is 82.5 Å². The molecule has 0 aliphatic rings. The maximum absolute atomic E-state index is 13.2. The summed E-state index contributed by atoms with van der Waals surface area (Å²) in [6.07, 6.45) is 0. The number of phenolic OH excluding ortho intramolecular Hbond substituents is 1. The van der Waals surface area contributed by atoms with E-state index in [1.807, 2.05) is 0 Å². The zero-order valence-corrected chi connectivity index (χ0v) is 8.14. The number of Topliss-reactive ketones (excluding diaryl/α,β-unsaturated/α-hetero) is 1. The van der Waals surface area contributed by atoms with Gasteiger partial charge >= 0.3 is 0 Å². The number of aromatic hydroxyl groups is 1. The quantitative estimate of drug-likeness (QED) is 0.362. The second-order valence-electron chi connectivity index (χ2n) is 2.42. The summed E-state index contributed by atoms with van der Waals surface area (Å²) >= 11 is 2.88. The lowest BCUT2D eigenvalue weighted by molar-refractivity contribution is 0.101. The third-order valence-corrected chi connectivity index (χ3v) is 2.06. The van der Waals surface area contributed by atoms with Crippen LogP contribution in [-0.4, -0.2) is 16.2 Å². The summed E-state index contributed by atoms with van der Waals surface area (Å²) in [5.41, 5.74) is 4.71. The van der Waals surface area contributed by atoms with Gasteiger partial charge in [-0.25, -0.2) is 4.39 Å². The number of carbonyl (C=O) groups excluding carboxylic acids is 1. The summed E-state index contributed by atoms with van der Waals surface area (Å²) in [5.74, 6) is -1.80. The van der Waals surface area contributed by atoms with E-state index in [4.69, 9.17) is 5.73 Å². The lowest BCUT2D eigenvalue weighted by Crippen LogP contribution is -2.06. The summed E-state index contributed by atoms with van der Waals surface area (Å²) in [6, 6.07) is 2.39. The number of carbonyl (C=O) groups is 1. The summed E-state index contributed by atoms with van der Waals surface area (Å²) in [4.78, 5) is 11.1. The van der Waals surface area contributed by atoms with Gasteiger partial charge in [-0.3, -0.25) is 4.79 Å². The first-order valence-corrected chi connectivity index (χ1v) is 4.56. The van der Waals surface area contributed by atoms with Crippen molar-refractivity contribution in [3.63, 3.8) is 0 Å². The minimum atomic E-state index is -0.871. The van der Waals surface area contributed by atoms with E-state index in [2.05, 4.69) is 15.9 Å². The van der Waals surface area contributed by atoms with E-state index in [-0.39, 0.29) is 16.6 Å². The molecule has 0 saturated heterocycles. The second-order valence-corrected chi connectivity index (χ2v) is 2.98. The normalized spacial score (nSPS) is 10.0. The van der Waals surface area contributed by atoms with Gasteiger partial charge in [0.1, 0.15) is 5.75 Å². The van der Waals surface area contributed by atoms with E-state index in [9.17, 15) is 14.3 Å². The number of halogens is 2. The number of anilines is 1. The Bertz CT molecular complexity index is 354. The number of hydrogen-bond acceptors (Lipinski definition) is 3. The number of alkyl halides is 1. The Balaban J connectivity index is 3.33. The molecule has 0 amide bonds. The SMILES string of the molecule is Nc1ccc(O)c(C(=O)CBr)c1F. The number of nitrogens with two attached hydrogens (primary N) is 1. The zero-order valence-electron chi connectivity index (χ0n) is 6.55. The molecule has 0 atom stereocenters. The van der Waals surface area contributed by atoms with Crippen molar-refractivity contribution in [2.45, 2.75) is 0 Å². The Hall–Kier alpha value is -1.10. The fraction of sp³-hybridized carbons (Fsp3) is 0.125. The molecule has 3 nitrogen and oxygen atoms in total. The molecule has 0 spiro atoms. The highest BCUT2D eigenvalue weighted by atomic mass is 79.9. The zero-order chi connectivity index (χ0) is 10.0. The van der Waals surface area contributed by atoms with Crippen LogP contribution in [0.15, 0.2) is 12.1 Å². The number of phenols is 1. The number of nitrogen functional groups attached to an aromatic ring is 1. The van der Waals surface area contributed by atoms with E-state index in [1.165, 1.54) is 12.1 Å². The number of rotatable bonds is 2. The van der Waals surface area contributed by atoms with E-state index in [0.717, 1.165) is 0 Å². The lowest BCUT2D eigenvalue weighted by Gasteiger charge is -2.04. The van der Waals surface area contributed by atoms with E-state index < -0.39 is 17.3 Å². The molecule has 0 aromatic heterocycles. The maximum atomic E-state index is 13.2. The molecule has 1 aromatic rings. The fourth-order valence-electron chi connectivity index (χ4n) is 0.914. The van der Waals surface area contributed by atoms with E-state index in [0.29, 0.717) is 0 Å². The highest BCUT2D eigenvalue weighted by Crippen LogP contribution is 2.25. The molecule has 13 heavy (non-hydrogen) atoms. The minimum absolute atomic E-state index is 0.0546. The van der Waals surface area contributed by atoms with Gasteiger partial charge in [-0.05, 0) is 12.1 Å². The van der Waals surface area contributed by atoms with Gasteiger partial charge < -0.3 is 10.8 Å². The molecule has 70 valence electrons. The lowest BCUT2D eigenvalue weighted by atomic mass is 10.1. The van der Waals surface area contributed by atoms with Crippen LogP contribution >= 0.6 is 15.9 Å². The predicted molar refractivity (Wildman–Crippen MR) is 50.6 cm³/mol. The van der Waals surface area contributed by atoms with Crippen molar-refractivity contribution in [3.8, 4) is 5.75 Å². The first-order chi connectivity index (χ1) is 6.07. The Morgan fingerprint density at radius 2 is 2.23 bits per heavy atom. The van der Waals surface area contributed by atoms with Crippen LogP contribution in [0.3, 0.4) is 0 Å². The van der Waals surface area contributed by atoms with Crippen LogP contribution in [0.5, 0.6) is 5.75 Å². The van der Waals surface area contributed by atoms with Crippen LogP contribution < -0.4 is 5.73 Å². The van der Waals surface area contributed by atoms with Gasteiger partial charge in [-0.2, -0.15) is 0 Å². The molecule has 5 heteroatoms. The van der Waals surface area contributed by atoms with Crippen molar-refractivity contribution in [3.05, 3.63) is 23.5 Å². The van der Waals surface area contributed by atoms with Crippen LogP contribution in [0.4, 0.5) is 10.1 Å². The smallest absolute Gasteiger partial charge is 0.180 e. The third kappa shape index (κ3) is 1.80. The molecular weight excluding hydrogens is 241 g/mol. The highest BCUT2D eigenvalue weighted by Gasteiger charge is 2.17. The van der Waals surface area contributed by atoms with E-state index >= 15 is 0 Å². The van der Waals surface area contributed by atoms with Crippen molar-refractivity contribution in [2.24, 2.45) is 0 Å². The number of hydrogen-bond donors (Lipinski definition) is 2. The van der Waals surface area contributed by atoms with Gasteiger partial charge in [0, 0.05) is 0 Å². The van der Waals surface area contributed by atoms with Crippen LogP contribution in [0.2, 0.25) is 0 Å². The van der Waals surface area contributed by atoms with Crippen molar-refractivity contribution < 1.29 is 14.3 Å². The van der Waals surface area contributed by atoms with Gasteiger partial charge in [0.25, 0.3) is 0 Å². The molecule has 1 aromatic carbocycles. The molecule has 1 rings (SSSR count). The molecule has 0 aliphatic heterocycles. The summed E-state index contributed by atoms with van der Waals surface area (Å²) < 4.78 is 13.2. The second kappa shape index (κ2) is 3.74. The third-order valence-electron chi connectivity index (χ3n) is 1.55. The maximum Gasteiger partial charge on any atom is 0.180 e. The van der Waals surface area contributed by atoms with Crippen LogP contribution in [-0.2, 0) is 0 Å². The number of benzene rings is 1. The van der Waals surface area contributed by atoms with Crippen LogP contribution in [0.1, 0.15) is 10.4 Å². The van der Waals surface area contributed by atoms with Crippen molar-refractivity contribution in [1.29, 1.82) is 0 Å². The molecule has 0 radical (unpaired) electrons. The predicted octanol–water partition coefficient (Wildman–Crippen LogP) is 1.69. The van der Waals surface area contributed by atoms with Gasteiger partial charge in [0.15, 0.2) is 11.6 Å². The first kappa shape index (κ1) is 9.98. The van der Waals surface area contributed by atoms with Crippen molar-refractivity contribution in [1.82, 2.24) is 0 Å². The minimum Gasteiger partial charge on any atom is -0.507 e.